The number of nitrogens with one attached hydrogen (secondary N) is 1. The molecule has 1 N–H and O–H groups in total. The lowest BCUT2D eigenvalue weighted by Gasteiger charge is -2.08. The normalized spacial score (nSPS) is 10.6. The molecule has 0 fully saturated rings. The number of carbonyl (C=O) groups excluding carboxylic acids is 1. The topological polar surface area (TPSA) is 67.8 Å². The van der Waals surface area contributed by atoms with Crippen LogP contribution in [0.15, 0.2) is 66.0 Å². The Balaban J connectivity index is 1.56. The lowest BCUT2D eigenvalue weighted by molar-refractivity contribution is 0.102. The van der Waals surface area contributed by atoms with Crippen LogP contribution < -0.4 is 5.32 Å². The predicted octanol–water partition coefficient (Wildman–Crippen LogP) is 5.14. The minimum absolute atomic E-state index is 0.173. The molecule has 138 valence electrons. The van der Waals surface area contributed by atoms with Crippen molar-refractivity contribution in [3.8, 4) is 22.5 Å². The fourth-order valence-corrected chi connectivity index (χ4v) is 3.45. The fourth-order valence-electron chi connectivity index (χ4n) is 2.83. The van der Waals surface area contributed by atoms with E-state index in [9.17, 15) is 4.79 Å². The van der Waals surface area contributed by atoms with E-state index in [0.717, 1.165) is 38.9 Å². The van der Waals surface area contributed by atoms with Crippen molar-refractivity contribution in [1.82, 2.24) is 15.2 Å². The third kappa shape index (κ3) is 3.97. The van der Waals surface area contributed by atoms with Crippen LogP contribution in [0.4, 0.5) is 5.69 Å². The summed E-state index contributed by atoms with van der Waals surface area (Å²) in [5.41, 5.74) is 5.63. The summed E-state index contributed by atoms with van der Waals surface area (Å²) in [6.07, 6.45) is 0. The molecular weight excluding hydrogens is 368 g/mol. The molecule has 0 spiro atoms. The number of carbonyl (C=O) groups is 1. The van der Waals surface area contributed by atoms with E-state index in [4.69, 9.17) is 0 Å². The summed E-state index contributed by atoms with van der Waals surface area (Å²) in [7, 11) is 0. The molecule has 0 aliphatic carbocycles. The molecule has 0 unspecified atom stereocenters. The monoisotopic (exact) mass is 386 g/mol. The van der Waals surface area contributed by atoms with E-state index < -0.39 is 0 Å². The van der Waals surface area contributed by atoms with Gasteiger partial charge in [-0.05, 0) is 50.2 Å². The van der Waals surface area contributed by atoms with Gasteiger partial charge in [-0.1, -0.05) is 24.3 Å². The van der Waals surface area contributed by atoms with Gasteiger partial charge in [0.2, 0.25) is 0 Å². The van der Waals surface area contributed by atoms with Crippen molar-refractivity contribution < 1.29 is 4.79 Å². The molecule has 0 radical (unpaired) electrons. The maximum Gasteiger partial charge on any atom is 0.255 e. The van der Waals surface area contributed by atoms with Crippen molar-refractivity contribution in [2.24, 2.45) is 0 Å². The Morgan fingerprint density at radius 1 is 0.893 bits per heavy atom. The number of hydrogen-bond donors (Lipinski definition) is 1. The summed E-state index contributed by atoms with van der Waals surface area (Å²) in [6, 6.07) is 18.9. The van der Waals surface area contributed by atoms with Crippen LogP contribution in [0.25, 0.3) is 22.5 Å². The largest absolute Gasteiger partial charge is 0.322 e. The number of thiazole rings is 1. The second-order valence-electron chi connectivity index (χ2n) is 6.43. The van der Waals surface area contributed by atoms with E-state index in [1.54, 1.807) is 17.4 Å². The van der Waals surface area contributed by atoms with E-state index in [1.807, 2.05) is 73.8 Å². The van der Waals surface area contributed by atoms with Crippen LogP contribution in [-0.2, 0) is 0 Å². The van der Waals surface area contributed by atoms with Gasteiger partial charge in [0.15, 0.2) is 0 Å². The quantitative estimate of drug-likeness (QED) is 0.527. The molecule has 28 heavy (non-hydrogen) atoms. The van der Waals surface area contributed by atoms with Crippen LogP contribution in [0.5, 0.6) is 0 Å². The highest BCUT2D eigenvalue weighted by Gasteiger charge is 2.10. The molecule has 0 aliphatic rings. The first kappa shape index (κ1) is 18.0. The summed E-state index contributed by atoms with van der Waals surface area (Å²) in [5, 5.41) is 14.3. The number of rotatable bonds is 4. The van der Waals surface area contributed by atoms with Gasteiger partial charge in [0, 0.05) is 27.8 Å². The summed E-state index contributed by atoms with van der Waals surface area (Å²) >= 11 is 1.61. The Morgan fingerprint density at radius 2 is 1.68 bits per heavy atom. The molecule has 1 amide bonds. The first-order chi connectivity index (χ1) is 13.6. The predicted molar refractivity (Wildman–Crippen MR) is 112 cm³/mol. The lowest BCUT2D eigenvalue weighted by Crippen LogP contribution is -2.12. The SMILES string of the molecule is Cc1ccc(-c2cccc(C(=O)Nc3cccc(-c4csc(C)n4)c3)c2)nn1. The highest BCUT2D eigenvalue weighted by atomic mass is 32.1. The number of hydrogen-bond acceptors (Lipinski definition) is 5. The van der Waals surface area contributed by atoms with E-state index in [-0.39, 0.29) is 5.91 Å². The molecule has 2 aromatic carbocycles. The third-order valence-corrected chi connectivity index (χ3v) is 5.03. The summed E-state index contributed by atoms with van der Waals surface area (Å²) in [4.78, 5) is 17.2. The van der Waals surface area contributed by atoms with Gasteiger partial charge in [0.1, 0.15) is 0 Å². The van der Waals surface area contributed by atoms with Crippen LogP contribution in [0.3, 0.4) is 0 Å². The number of nitrogens with zero attached hydrogens (tertiary/aromatic N) is 3. The van der Waals surface area contributed by atoms with Crippen molar-refractivity contribution in [2.45, 2.75) is 13.8 Å². The highest BCUT2D eigenvalue weighted by molar-refractivity contribution is 7.09. The van der Waals surface area contributed by atoms with Crippen molar-refractivity contribution in [3.05, 3.63) is 82.3 Å². The molecule has 4 aromatic rings. The molecule has 0 aliphatic heterocycles. The number of amides is 1. The maximum atomic E-state index is 12.7. The zero-order chi connectivity index (χ0) is 19.5. The van der Waals surface area contributed by atoms with Crippen molar-refractivity contribution >= 4 is 22.9 Å². The summed E-state index contributed by atoms with van der Waals surface area (Å²) < 4.78 is 0. The fraction of sp³-hybridized carbons (Fsp3) is 0.0909. The summed E-state index contributed by atoms with van der Waals surface area (Å²) in [5.74, 6) is -0.173. The average Bonchev–Trinajstić information content (AvgIpc) is 3.15. The Hall–Kier alpha value is -3.38. The standard InChI is InChI=1S/C22H18N4OS/c1-14-9-10-20(26-25-14)16-5-3-7-18(11-16)22(27)24-19-8-4-6-17(12-19)21-13-28-15(2)23-21/h3-13H,1-2H3,(H,24,27). The Kier molecular flexibility index (Phi) is 4.95. The van der Waals surface area contributed by atoms with Gasteiger partial charge in [-0.3, -0.25) is 4.79 Å². The first-order valence-corrected chi connectivity index (χ1v) is 9.71. The summed E-state index contributed by atoms with van der Waals surface area (Å²) in [6.45, 7) is 3.87. The molecule has 2 aromatic heterocycles. The molecule has 6 heteroatoms. The van der Waals surface area contributed by atoms with Gasteiger partial charge in [-0.2, -0.15) is 10.2 Å². The van der Waals surface area contributed by atoms with Gasteiger partial charge in [-0.25, -0.2) is 4.98 Å². The van der Waals surface area contributed by atoms with Crippen LogP contribution in [0.2, 0.25) is 0 Å². The minimum atomic E-state index is -0.173. The van der Waals surface area contributed by atoms with E-state index in [0.29, 0.717) is 5.56 Å². The second kappa shape index (κ2) is 7.70. The highest BCUT2D eigenvalue weighted by Crippen LogP contribution is 2.25. The molecule has 0 atom stereocenters. The van der Waals surface area contributed by atoms with E-state index >= 15 is 0 Å². The van der Waals surface area contributed by atoms with Crippen molar-refractivity contribution in [1.29, 1.82) is 0 Å². The third-order valence-electron chi connectivity index (χ3n) is 4.25. The molecular formula is C22H18N4OS. The maximum absolute atomic E-state index is 12.7. The van der Waals surface area contributed by atoms with Gasteiger partial charge >= 0.3 is 0 Å². The molecule has 0 bridgehead atoms. The Morgan fingerprint density at radius 3 is 2.39 bits per heavy atom. The average molecular weight is 386 g/mol. The smallest absolute Gasteiger partial charge is 0.255 e. The van der Waals surface area contributed by atoms with Gasteiger partial charge < -0.3 is 5.32 Å². The minimum Gasteiger partial charge on any atom is -0.322 e. The van der Waals surface area contributed by atoms with Gasteiger partial charge in [0.05, 0.1) is 22.1 Å². The molecule has 5 nitrogen and oxygen atoms in total. The van der Waals surface area contributed by atoms with Crippen molar-refractivity contribution in [2.75, 3.05) is 5.32 Å². The lowest BCUT2D eigenvalue weighted by atomic mass is 10.1. The zero-order valence-corrected chi connectivity index (χ0v) is 16.3. The first-order valence-electron chi connectivity index (χ1n) is 8.83. The van der Waals surface area contributed by atoms with Gasteiger partial charge in [0.25, 0.3) is 5.91 Å². The molecule has 0 saturated carbocycles. The number of anilines is 1. The van der Waals surface area contributed by atoms with Crippen LogP contribution in [-0.4, -0.2) is 21.1 Å². The zero-order valence-electron chi connectivity index (χ0n) is 15.5. The van der Waals surface area contributed by atoms with Gasteiger partial charge in [-0.15, -0.1) is 11.3 Å². The number of aryl methyl sites for hydroxylation is 2. The molecule has 2 heterocycles. The van der Waals surface area contributed by atoms with Crippen LogP contribution >= 0.6 is 11.3 Å². The Labute approximate surface area is 167 Å². The second-order valence-corrected chi connectivity index (χ2v) is 7.49. The van der Waals surface area contributed by atoms with Crippen LogP contribution in [0.1, 0.15) is 21.1 Å². The van der Waals surface area contributed by atoms with E-state index in [1.165, 1.54) is 0 Å². The Bertz CT molecular complexity index is 1140. The molecule has 0 saturated heterocycles. The van der Waals surface area contributed by atoms with E-state index in [2.05, 4.69) is 20.5 Å². The van der Waals surface area contributed by atoms with Crippen LogP contribution in [0, 0.1) is 13.8 Å². The number of benzene rings is 2. The number of aromatic nitrogens is 3. The van der Waals surface area contributed by atoms with Crippen molar-refractivity contribution in [3.63, 3.8) is 0 Å². The molecule has 4 rings (SSSR count).